The lowest BCUT2D eigenvalue weighted by Crippen LogP contribution is -2.11. The molecule has 0 saturated carbocycles. The number of nitrogens with zero attached hydrogens (tertiary/aromatic N) is 1. The van der Waals surface area contributed by atoms with Crippen LogP contribution < -0.4 is 11.1 Å². The monoisotopic (exact) mass is 364 g/mol. The van der Waals surface area contributed by atoms with E-state index in [1.54, 1.807) is 6.20 Å². The van der Waals surface area contributed by atoms with E-state index < -0.39 is 0 Å². The number of halogens is 1. The van der Waals surface area contributed by atoms with Crippen LogP contribution in [0, 0.1) is 0 Å². The Morgan fingerprint density at radius 2 is 1.80 bits per heavy atom. The second-order valence-electron chi connectivity index (χ2n) is 6.15. The summed E-state index contributed by atoms with van der Waals surface area (Å²) >= 11 is 0. The average molecular weight is 365 g/mol. The summed E-state index contributed by atoms with van der Waals surface area (Å²) < 4.78 is 0. The molecule has 0 atom stereocenters. The summed E-state index contributed by atoms with van der Waals surface area (Å²) in [5, 5.41) is 3.00. The molecule has 0 saturated heterocycles. The van der Waals surface area contributed by atoms with E-state index in [1.807, 2.05) is 24.3 Å². The van der Waals surface area contributed by atoms with Crippen LogP contribution >= 0.6 is 12.4 Å². The minimum absolute atomic E-state index is 0. The number of unbranched alkanes of at least 4 members (excludes halogenated alkanes) is 6. The molecule has 0 fully saturated rings. The fourth-order valence-electron chi connectivity index (χ4n) is 2.76. The van der Waals surface area contributed by atoms with Gasteiger partial charge in [-0.2, -0.15) is 0 Å². The summed E-state index contributed by atoms with van der Waals surface area (Å²) in [7, 11) is 0. The van der Waals surface area contributed by atoms with E-state index in [0.29, 0.717) is 12.4 Å². The van der Waals surface area contributed by atoms with Gasteiger partial charge in [0.25, 0.3) is 0 Å². The Balaban J connectivity index is 0.00000312. The molecule has 1 aromatic carbocycles. The number of para-hydroxylation sites is 1. The van der Waals surface area contributed by atoms with Crippen molar-refractivity contribution >= 4 is 29.9 Å². The van der Waals surface area contributed by atoms with Crippen molar-refractivity contribution in [2.75, 3.05) is 11.1 Å². The van der Waals surface area contributed by atoms with Crippen LogP contribution in [0.2, 0.25) is 0 Å². The van der Waals surface area contributed by atoms with Gasteiger partial charge in [0.15, 0.2) is 5.95 Å². The number of amides is 1. The summed E-state index contributed by atoms with van der Waals surface area (Å²) in [6.45, 7) is 2.22. The van der Waals surface area contributed by atoms with Crippen molar-refractivity contribution in [2.24, 2.45) is 0 Å². The topological polar surface area (TPSA) is 83.8 Å². The molecule has 0 unspecified atom stereocenters. The van der Waals surface area contributed by atoms with E-state index in [1.165, 1.54) is 32.1 Å². The lowest BCUT2D eigenvalue weighted by molar-refractivity contribution is -0.116. The van der Waals surface area contributed by atoms with Crippen LogP contribution in [0.5, 0.6) is 0 Å². The Morgan fingerprint density at radius 1 is 1.12 bits per heavy atom. The minimum Gasteiger partial charge on any atom is -0.369 e. The number of aromatic nitrogens is 2. The molecule has 0 bridgehead atoms. The van der Waals surface area contributed by atoms with Gasteiger partial charge in [0.1, 0.15) is 0 Å². The van der Waals surface area contributed by atoms with Gasteiger partial charge in [0.05, 0.1) is 17.6 Å². The number of imidazole rings is 1. The number of rotatable bonds is 10. The number of nitrogens with one attached hydrogen (secondary N) is 2. The first kappa shape index (κ1) is 21.0. The number of aromatic amines is 1. The zero-order chi connectivity index (χ0) is 17.2. The number of carbonyl (C=O) groups is 1. The molecule has 1 aromatic heterocycles. The molecule has 0 aliphatic rings. The van der Waals surface area contributed by atoms with Gasteiger partial charge < -0.3 is 16.0 Å². The highest BCUT2D eigenvalue weighted by Gasteiger charge is 2.09. The molecule has 5 nitrogen and oxygen atoms in total. The van der Waals surface area contributed by atoms with Gasteiger partial charge in [-0.25, -0.2) is 4.98 Å². The summed E-state index contributed by atoms with van der Waals surface area (Å²) in [4.78, 5) is 19.2. The van der Waals surface area contributed by atoms with Crippen LogP contribution in [0.25, 0.3) is 11.3 Å². The summed E-state index contributed by atoms with van der Waals surface area (Å²) in [6, 6.07) is 7.68. The first-order chi connectivity index (χ1) is 11.7. The third-order valence-corrected chi connectivity index (χ3v) is 4.09. The molecule has 4 N–H and O–H groups in total. The van der Waals surface area contributed by atoms with E-state index in [2.05, 4.69) is 22.2 Å². The molecular formula is C19H29ClN4O. The highest BCUT2D eigenvalue weighted by molar-refractivity contribution is 5.95. The largest absolute Gasteiger partial charge is 0.369 e. The zero-order valence-electron chi connectivity index (χ0n) is 14.9. The zero-order valence-corrected chi connectivity index (χ0v) is 15.7. The van der Waals surface area contributed by atoms with Crippen molar-refractivity contribution in [3.8, 4) is 11.3 Å². The number of carbonyl (C=O) groups excluding carboxylic acids is 1. The molecule has 0 aliphatic heterocycles. The maximum atomic E-state index is 12.2. The van der Waals surface area contributed by atoms with Gasteiger partial charge in [-0.15, -0.1) is 12.4 Å². The van der Waals surface area contributed by atoms with Crippen molar-refractivity contribution in [1.82, 2.24) is 9.97 Å². The van der Waals surface area contributed by atoms with Crippen molar-refractivity contribution in [2.45, 2.75) is 58.3 Å². The van der Waals surface area contributed by atoms with Gasteiger partial charge in [0.2, 0.25) is 5.91 Å². The molecule has 2 aromatic rings. The molecule has 0 radical (unpaired) electrons. The maximum Gasteiger partial charge on any atom is 0.224 e. The van der Waals surface area contributed by atoms with Crippen molar-refractivity contribution in [3.63, 3.8) is 0 Å². The molecule has 6 heteroatoms. The predicted octanol–water partition coefficient (Wildman–Crippen LogP) is 5.16. The molecule has 0 aliphatic carbocycles. The number of hydrogen-bond acceptors (Lipinski definition) is 3. The second kappa shape index (κ2) is 11.5. The smallest absolute Gasteiger partial charge is 0.224 e. The van der Waals surface area contributed by atoms with E-state index in [9.17, 15) is 4.79 Å². The normalized spacial score (nSPS) is 10.3. The highest BCUT2D eigenvalue weighted by Crippen LogP contribution is 2.26. The van der Waals surface area contributed by atoms with Crippen molar-refractivity contribution in [1.29, 1.82) is 0 Å². The summed E-state index contributed by atoms with van der Waals surface area (Å²) in [6.07, 6.45) is 10.7. The summed E-state index contributed by atoms with van der Waals surface area (Å²) in [5.41, 5.74) is 8.13. The van der Waals surface area contributed by atoms with E-state index >= 15 is 0 Å². The van der Waals surface area contributed by atoms with E-state index in [-0.39, 0.29) is 18.3 Å². The fraction of sp³-hybridized carbons (Fsp3) is 0.474. The van der Waals surface area contributed by atoms with Crippen LogP contribution in [0.4, 0.5) is 11.6 Å². The molecule has 138 valence electrons. The van der Waals surface area contributed by atoms with Gasteiger partial charge in [-0.3, -0.25) is 4.79 Å². The molecular weight excluding hydrogens is 336 g/mol. The number of hydrogen-bond donors (Lipinski definition) is 3. The third kappa shape index (κ3) is 7.18. The lowest BCUT2D eigenvalue weighted by atomic mass is 10.1. The Bertz CT molecular complexity index is 642. The number of benzene rings is 1. The number of anilines is 2. The predicted molar refractivity (Wildman–Crippen MR) is 107 cm³/mol. The molecule has 1 heterocycles. The highest BCUT2D eigenvalue weighted by atomic mass is 35.5. The van der Waals surface area contributed by atoms with E-state index in [0.717, 1.165) is 29.8 Å². The van der Waals surface area contributed by atoms with Crippen LogP contribution in [0.3, 0.4) is 0 Å². The minimum atomic E-state index is 0. The second-order valence-corrected chi connectivity index (χ2v) is 6.15. The standard InChI is InChI=1S/C19H28N4O.ClH/c1-2-3-4-5-6-7-8-13-18(24)22-16-12-10-9-11-15(16)17-14-21-19(20)23-17;/h9-12,14H,2-8,13H2,1H3,(H,22,24)(H3,20,21,23);1H. The fourth-order valence-corrected chi connectivity index (χ4v) is 2.76. The van der Waals surface area contributed by atoms with E-state index in [4.69, 9.17) is 5.73 Å². The van der Waals surface area contributed by atoms with Crippen LogP contribution in [-0.2, 0) is 4.79 Å². The number of nitrogens with two attached hydrogens (primary N) is 1. The van der Waals surface area contributed by atoms with Gasteiger partial charge in [-0.1, -0.05) is 63.6 Å². The number of nitrogen functional groups attached to an aromatic ring is 1. The van der Waals surface area contributed by atoms with Gasteiger partial charge in [0, 0.05) is 12.0 Å². The molecule has 25 heavy (non-hydrogen) atoms. The SMILES string of the molecule is CCCCCCCCCC(=O)Nc1ccccc1-c1cnc(N)[nH]1.Cl. The van der Waals surface area contributed by atoms with Crippen LogP contribution in [0.15, 0.2) is 30.5 Å². The third-order valence-electron chi connectivity index (χ3n) is 4.09. The quantitative estimate of drug-likeness (QED) is 0.509. The van der Waals surface area contributed by atoms with Crippen LogP contribution in [0.1, 0.15) is 58.3 Å². The lowest BCUT2D eigenvalue weighted by Gasteiger charge is -2.10. The average Bonchev–Trinajstić information content (AvgIpc) is 3.01. The van der Waals surface area contributed by atoms with Crippen molar-refractivity contribution < 1.29 is 4.79 Å². The first-order valence-electron chi connectivity index (χ1n) is 8.90. The Hall–Kier alpha value is -2.01. The summed E-state index contributed by atoms with van der Waals surface area (Å²) in [5.74, 6) is 0.428. The molecule has 0 spiro atoms. The number of H-pyrrole nitrogens is 1. The first-order valence-corrected chi connectivity index (χ1v) is 8.90. The van der Waals surface area contributed by atoms with Crippen molar-refractivity contribution in [3.05, 3.63) is 30.5 Å². The molecule has 1 amide bonds. The van der Waals surface area contributed by atoms with Crippen LogP contribution in [-0.4, -0.2) is 15.9 Å². The van der Waals surface area contributed by atoms with Gasteiger partial charge in [-0.05, 0) is 12.5 Å². The Morgan fingerprint density at radius 3 is 2.48 bits per heavy atom. The Labute approximate surface area is 156 Å². The molecule has 2 rings (SSSR count). The maximum absolute atomic E-state index is 12.2. The van der Waals surface area contributed by atoms with Gasteiger partial charge >= 0.3 is 0 Å². The Kier molecular flexibility index (Phi) is 9.70.